The minimum absolute atomic E-state index is 0.00378. The Morgan fingerprint density at radius 2 is 2.09 bits per heavy atom. The molecule has 14 heteroatoms. The van der Waals surface area contributed by atoms with Crippen LogP contribution in [-0.4, -0.2) is 53.9 Å². The number of rotatable bonds is 6. The molecular formula is C21H21F5N6O3. The van der Waals surface area contributed by atoms with E-state index in [0.717, 1.165) is 26.5 Å². The lowest BCUT2D eigenvalue weighted by Crippen LogP contribution is -2.38. The number of hydrogen-bond donors (Lipinski definition) is 4. The fourth-order valence-electron chi connectivity index (χ4n) is 3.86. The first-order valence-corrected chi connectivity index (χ1v) is 10.5. The van der Waals surface area contributed by atoms with Crippen LogP contribution >= 0.6 is 0 Å². The van der Waals surface area contributed by atoms with Crippen molar-refractivity contribution in [2.45, 2.75) is 31.7 Å². The molecule has 1 aliphatic heterocycles. The van der Waals surface area contributed by atoms with Crippen LogP contribution in [0.5, 0.6) is 5.75 Å². The smallest absolute Gasteiger partial charge is 0.419 e. The van der Waals surface area contributed by atoms with Gasteiger partial charge in [0.15, 0.2) is 5.75 Å². The second-order valence-electron chi connectivity index (χ2n) is 7.70. The highest BCUT2D eigenvalue weighted by atomic mass is 19.4. The van der Waals surface area contributed by atoms with Crippen LogP contribution in [0.3, 0.4) is 0 Å². The second kappa shape index (κ2) is 9.90. The molecule has 1 saturated heterocycles. The van der Waals surface area contributed by atoms with Crippen LogP contribution in [0.25, 0.3) is 22.2 Å². The number of anilines is 2. The highest BCUT2D eigenvalue weighted by molar-refractivity contribution is 6.03. The highest BCUT2D eigenvalue weighted by Crippen LogP contribution is 2.42. The molecule has 9 nitrogen and oxygen atoms in total. The quantitative estimate of drug-likeness (QED) is 0.366. The molecule has 4 N–H and O–H groups in total. The molecule has 4 rings (SSSR count). The van der Waals surface area contributed by atoms with Crippen molar-refractivity contribution in [3.8, 4) is 17.0 Å². The van der Waals surface area contributed by atoms with Gasteiger partial charge >= 0.3 is 18.9 Å². The van der Waals surface area contributed by atoms with Crippen LogP contribution in [0.4, 0.5) is 38.4 Å². The number of methoxy groups -OCH3 is 1. The summed E-state index contributed by atoms with van der Waals surface area (Å²) in [5.41, 5.74) is -1.78. The maximum absolute atomic E-state index is 13.8. The first-order chi connectivity index (χ1) is 16.7. The van der Waals surface area contributed by atoms with Crippen LogP contribution in [0.2, 0.25) is 0 Å². The fourth-order valence-corrected chi connectivity index (χ4v) is 3.86. The van der Waals surface area contributed by atoms with E-state index in [1.54, 1.807) is 0 Å². The summed E-state index contributed by atoms with van der Waals surface area (Å²) < 4.78 is 76.7. The lowest BCUT2D eigenvalue weighted by atomic mass is 10.0. The Labute approximate surface area is 195 Å². The Balaban J connectivity index is 1.82. The van der Waals surface area contributed by atoms with Crippen LogP contribution in [0.1, 0.15) is 18.4 Å². The molecule has 0 aliphatic carbocycles. The maximum atomic E-state index is 13.8. The van der Waals surface area contributed by atoms with Gasteiger partial charge in [-0.05, 0) is 31.5 Å². The number of ether oxygens (including phenoxy) is 2. The van der Waals surface area contributed by atoms with E-state index in [1.165, 1.54) is 18.3 Å². The number of carbonyl (C=O) groups is 1. The molecule has 3 heterocycles. The van der Waals surface area contributed by atoms with Crippen molar-refractivity contribution < 1.29 is 36.2 Å². The molecule has 1 aliphatic rings. The molecule has 2 aromatic heterocycles. The average molecular weight is 500 g/mol. The number of amides is 1. The molecular weight excluding hydrogens is 479 g/mol. The largest absolute Gasteiger partial charge is 0.453 e. The lowest BCUT2D eigenvalue weighted by Gasteiger charge is -2.24. The number of benzene rings is 1. The first kappa shape index (κ1) is 24.4. The van der Waals surface area contributed by atoms with E-state index in [2.05, 4.69) is 40.4 Å². The number of aromatic nitrogens is 3. The van der Waals surface area contributed by atoms with Gasteiger partial charge in [-0.1, -0.05) is 0 Å². The Morgan fingerprint density at radius 1 is 1.29 bits per heavy atom. The number of carbonyl (C=O) groups excluding carboxylic acids is 1. The standard InChI is InChI=1S/C21H21F5N6O3/c1-34-20(33)31-14-5-4-11-12(8-28-16(11)17(14)35-18(22)23)15-13(21(24,25)26)9-29-19(32-15)30-10-3-2-6-27-7-10/h4-5,8-10,18,27-28H,2-3,6-7H2,1H3,(H,31,33)(H,29,30,32). The van der Waals surface area contributed by atoms with Crippen molar-refractivity contribution in [3.63, 3.8) is 0 Å². The molecule has 0 radical (unpaired) electrons. The molecule has 0 spiro atoms. The third-order valence-corrected chi connectivity index (χ3v) is 5.42. The second-order valence-corrected chi connectivity index (χ2v) is 7.70. The summed E-state index contributed by atoms with van der Waals surface area (Å²) in [6.07, 6.45) is -2.15. The van der Waals surface area contributed by atoms with Gasteiger partial charge in [0.2, 0.25) is 5.95 Å². The summed E-state index contributed by atoms with van der Waals surface area (Å²) in [7, 11) is 1.08. The van der Waals surface area contributed by atoms with Crippen molar-refractivity contribution >= 4 is 28.6 Å². The highest BCUT2D eigenvalue weighted by Gasteiger charge is 2.36. The van der Waals surface area contributed by atoms with Gasteiger partial charge in [-0.3, -0.25) is 5.32 Å². The Bertz CT molecular complexity index is 1210. The van der Waals surface area contributed by atoms with E-state index >= 15 is 0 Å². The SMILES string of the molecule is COC(=O)Nc1ccc2c(-c3nc(NC4CCCNC4)ncc3C(F)(F)F)c[nH]c2c1OC(F)F. The lowest BCUT2D eigenvalue weighted by molar-refractivity contribution is -0.137. The number of H-pyrrole nitrogens is 1. The van der Waals surface area contributed by atoms with Crippen molar-refractivity contribution in [1.29, 1.82) is 0 Å². The van der Waals surface area contributed by atoms with Gasteiger partial charge in [-0.2, -0.15) is 22.0 Å². The minimum atomic E-state index is -4.78. The molecule has 1 fully saturated rings. The van der Waals surface area contributed by atoms with Gasteiger partial charge in [0.25, 0.3) is 0 Å². The number of piperidine rings is 1. The molecule has 3 aromatic rings. The van der Waals surface area contributed by atoms with E-state index < -0.39 is 35.9 Å². The zero-order valence-electron chi connectivity index (χ0n) is 18.3. The van der Waals surface area contributed by atoms with Crippen LogP contribution in [0, 0.1) is 0 Å². The molecule has 188 valence electrons. The average Bonchev–Trinajstić information content (AvgIpc) is 3.24. The molecule has 1 amide bonds. The van der Waals surface area contributed by atoms with Crippen LogP contribution in [0.15, 0.2) is 24.5 Å². The maximum Gasteiger partial charge on any atom is 0.419 e. The van der Waals surface area contributed by atoms with Crippen LogP contribution < -0.4 is 20.7 Å². The first-order valence-electron chi connectivity index (χ1n) is 10.5. The normalized spacial score (nSPS) is 16.4. The van der Waals surface area contributed by atoms with Gasteiger partial charge in [0, 0.05) is 35.9 Å². The summed E-state index contributed by atoms with van der Waals surface area (Å²) in [4.78, 5) is 22.2. The third kappa shape index (κ3) is 5.37. The number of hydrogen-bond acceptors (Lipinski definition) is 7. The van der Waals surface area contributed by atoms with E-state index in [-0.39, 0.29) is 34.1 Å². The summed E-state index contributed by atoms with van der Waals surface area (Å²) in [5, 5.41) is 8.57. The van der Waals surface area contributed by atoms with Crippen LogP contribution in [-0.2, 0) is 10.9 Å². The molecule has 0 bridgehead atoms. The van der Waals surface area contributed by atoms with Crippen molar-refractivity contribution in [3.05, 3.63) is 30.1 Å². The van der Waals surface area contributed by atoms with Crippen molar-refractivity contribution in [1.82, 2.24) is 20.3 Å². The molecule has 1 atom stereocenters. The van der Waals surface area contributed by atoms with Crippen molar-refractivity contribution in [2.24, 2.45) is 0 Å². The monoisotopic (exact) mass is 500 g/mol. The number of nitrogens with one attached hydrogen (secondary N) is 4. The summed E-state index contributed by atoms with van der Waals surface area (Å²) >= 11 is 0. The van der Waals surface area contributed by atoms with Gasteiger partial charge in [0.05, 0.1) is 24.0 Å². The Hall–Kier alpha value is -3.68. The predicted molar refractivity (Wildman–Crippen MR) is 117 cm³/mol. The summed E-state index contributed by atoms with van der Waals surface area (Å²) in [6.45, 7) is -1.81. The minimum Gasteiger partial charge on any atom is -0.453 e. The van der Waals surface area contributed by atoms with E-state index in [4.69, 9.17) is 0 Å². The molecule has 0 saturated carbocycles. The number of aromatic amines is 1. The zero-order valence-corrected chi connectivity index (χ0v) is 18.3. The van der Waals surface area contributed by atoms with E-state index in [0.29, 0.717) is 12.7 Å². The Morgan fingerprint density at radius 3 is 2.74 bits per heavy atom. The fraction of sp³-hybridized carbons (Fsp3) is 0.381. The molecule has 1 aromatic carbocycles. The molecule has 1 unspecified atom stereocenters. The van der Waals surface area contributed by atoms with E-state index in [1.807, 2.05) is 0 Å². The third-order valence-electron chi connectivity index (χ3n) is 5.42. The number of alkyl halides is 5. The number of halogens is 5. The number of fused-ring (bicyclic) bond motifs is 1. The van der Waals surface area contributed by atoms with Gasteiger partial charge in [-0.15, -0.1) is 0 Å². The topological polar surface area (TPSA) is 113 Å². The zero-order chi connectivity index (χ0) is 25.2. The van der Waals surface area contributed by atoms with Gasteiger partial charge < -0.3 is 25.1 Å². The van der Waals surface area contributed by atoms with Gasteiger partial charge in [0.1, 0.15) is 5.56 Å². The Kier molecular flexibility index (Phi) is 6.91. The predicted octanol–water partition coefficient (Wildman–Crippen LogP) is 4.59. The van der Waals surface area contributed by atoms with Gasteiger partial charge in [-0.25, -0.2) is 14.8 Å². The summed E-state index contributed by atoms with van der Waals surface area (Å²) in [6, 6.07) is 2.51. The summed E-state index contributed by atoms with van der Waals surface area (Å²) in [5.74, 6) is -0.465. The van der Waals surface area contributed by atoms with Crippen molar-refractivity contribution in [2.75, 3.05) is 30.8 Å². The van der Waals surface area contributed by atoms with E-state index in [9.17, 15) is 26.7 Å². The molecule has 35 heavy (non-hydrogen) atoms. The number of nitrogens with zero attached hydrogens (tertiary/aromatic N) is 2.